The Balaban J connectivity index is 2.17. The second-order valence-electron chi connectivity index (χ2n) is 4.35. The maximum absolute atomic E-state index is 10.4. The van der Waals surface area contributed by atoms with E-state index in [2.05, 4.69) is 7.05 Å². The van der Waals surface area contributed by atoms with Crippen LogP contribution in [0.4, 0.5) is 0 Å². The van der Waals surface area contributed by atoms with Crippen LogP contribution in [0.1, 0.15) is 18.4 Å². The van der Waals surface area contributed by atoms with E-state index in [0.717, 1.165) is 31.5 Å². The van der Waals surface area contributed by atoms with Crippen LogP contribution in [-0.4, -0.2) is 25.2 Å². The van der Waals surface area contributed by atoms with Crippen LogP contribution in [0.5, 0.6) is 0 Å². The summed E-state index contributed by atoms with van der Waals surface area (Å²) in [4.78, 5) is 1.52. The molecule has 14 heavy (non-hydrogen) atoms. The fourth-order valence-corrected chi connectivity index (χ4v) is 2.13. The van der Waals surface area contributed by atoms with E-state index in [0.29, 0.717) is 0 Å². The summed E-state index contributed by atoms with van der Waals surface area (Å²) in [6.45, 7) is 2.12. The van der Waals surface area contributed by atoms with Crippen molar-refractivity contribution < 1.29 is 10.0 Å². The zero-order valence-corrected chi connectivity index (χ0v) is 8.66. The molecule has 0 amide bonds. The van der Waals surface area contributed by atoms with Crippen LogP contribution in [-0.2, 0) is 5.60 Å². The van der Waals surface area contributed by atoms with Gasteiger partial charge in [0.2, 0.25) is 0 Å². The lowest BCUT2D eigenvalue weighted by Gasteiger charge is -2.34. The van der Waals surface area contributed by atoms with Gasteiger partial charge in [-0.2, -0.15) is 0 Å². The van der Waals surface area contributed by atoms with Crippen LogP contribution < -0.4 is 4.90 Å². The minimum absolute atomic E-state index is 0.569. The van der Waals surface area contributed by atoms with E-state index in [4.69, 9.17) is 0 Å². The summed E-state index contributed by atoms with van der Waals surface area (Å²) < 4.78 is 0. The topological polar surface area (TPSA) is 24.7 Å². The molecule has 0 aromatic heterocycles. The Morgan fingerprint density at radius 2 is 1.71 bits per heavy atom. The van der Waals surface area contributed by atoms with Gasteiger partial charge >= 0.3 is 0 Å². The number of quaternary nitrogens is 1. The molecular weight excluding hydrogens is 174 g/mol. The molecule has 0 spiro atoms. The van der Waals surface area contributed by atoms with Gasteiger partial charge < -0.3 is 10.0 Å². The largest absolute Gasteiger partial charge is 0.385 e. The molecule has 0 atom stereocenters. The lowest BCUT2D eigenvalue weighted by Crippen LogP contribution is -3.10. The lowest BCUT2D eigenvalue weighted by atomic mass is 9.85. The fraction of sp³-hybridized carbons (Fsp3) is 0.500. The normalized spacial score (nSPS) is 32.9. The summed E-state index contributed by atoms with van der Waals surface area (Å²) >= 11 is 0. The Bertz CT molecular complexity index is 288. The SMILES string of the molecule is C[NH+]1CCC(O)(c2ccccc2)CC1. The smallest absolute Gasteiger partial charge is 0.100 e. The van der Waals surface area contributed by atoms with Crippen LogP contribution in [0.15, 0.2) is 30.3 Å². The molecule has 0 saturated carbocycles. The molecule has 2 N–H and O–H groups in total. The molecular formula is C12H18NO+. The summed E-state index contributed by atoms with van der Waals surface area (Å²) in [5.41, 5.74) is 0.508. The van der Waals surface area contributed by atoms with Gasteiger partial charge in [-0.1, -0.05) is 30.3 Å². The highest BCUT2D eigenvalue weighted by molar-refractivity contribution is 5.22. The van der Waals surface area contributed by atoms with E-state index in [-0.39, 0.29) is 0 Å². The molecule has 1 aromatic rings. The van der Waals surface area contributed by atoms with Gasteiger partial charge in [-0.3, -0.25) is 0 Å². The number of benzene rings is 1. The number of nitrogens with one attached hydrogen (secondary N) is 1. The van der Waals surface area contributed by atoms with Crippen LogP contribution in [0, 0.1) is 0 Å². The maximum Gasteiger partial charge on any atom is 0.100 e. The quantitative estimate of drug-likeness (QED) is 0.652. The molecule has 1 aliphatic rings. The van der Waals surface area contributed by atoms with E-state index < -0.39 is 5.60 Å². The monoisotopic (exact) mass is 192 g/mol. The Kier molecular flexibility index (Phi) is 2.57. The standard InChI is InChI=1S/C12H17NO/c1-13-9-7-12(14,8-10-13)11-5-3-2-4-6-11/h2-6,14H,7-10H2,1H3/p+1. The van der Waals surface area contributed by atoms with Crippen molar-refractivity contribution in [3.63, 3.8) is 0 Å². The van der Waals surface area contributed by atoms with E-state index in [1.807, 2.05) is 30.3 Å². The zero-order chi connectivity index (χ0) is 10.0. The molecule has 0 aliphatic carbocycles. The predicted octanol–water partition coefficient (Wildman–Crippen LogP) is 0.183. The minimum Gasteiger partial charge on any atom is -0.385 e. The summed E-state index contributed by atoms with van der Waals surface area (Å²) in [5.74, 6) is 0. The molecule has 76 valence electrons. The van der Waals surface area contributed by atoms with Crippen LogP contribution in [0.25, 0.3) is 0 Å². The van der Waals surface area contributed by atoms with Gasteiger partial charge in [0.05, 0.1) is 20.1 Å². The lowest BCUT2D eigenvalue weighted by molar-refractivity contribution is -0.887. The molecule has 2 rings (SSSR count). The van der Waals surface area contributed by atoms with Crippen molar-refractivity contribution in [2.75, 3.05) is 20.1 Å². The van der Waals surface area contributed by atoms with E-state index in [1.165, 1.54) is 4.90 Å². The number of piperidine rings is 1. The first-order chi connectivity index (χ1) is 6.71. The van der Waals surface area contributed by atoms with Gasteiger partial charge in [0.15, 0.2) is 0 Å². The van der Waals surface area contributed by atoms with E-state index >= 15 is 0 Å². The Hall–Kier alpha value is -0.860. The molecule has 2 heteroatoms. The number of likely N-dealkylation sites (tertiary alicyclic amines) is 1. The second-order valence-corrected chi connectivity index (χ2v) is 4.35. The molecule has 1 saturated heterocycles. The van der Waals surface area contributed by atoms with Crippen LogP contribution >= 0.6 is 0 Å². The summed E-state index contributed by atoms with van der Waals surface area (Å²) in [6, 6.07) is 10.0. The average Bonchev–Trinajstić information content (AvgIpc) is 2.24. The van der Waals surface area contributed by atoms with Crippen molar-refractivity contribution in [3.05, 3.63) is 35.9 Å². The molecule has 0 unspecified atom stereocenters. The number of rotatable bonds is 1. The third-order valence-corrected chi connectivity index (χ3v) is 3.24. The molecule has 0 bridgehead atoms. The third kappa shape index (κ3) is 1.81. The molecule has 1 aliphatic heterocycles. The zero-order valence-electron chi connectivity index (χ0n) is 8.66. The first-order valence-corrected chi connectivity index (χ1v) is 5.30. The highest BCUT2D eigenvalue weighted by Gasteiger charge is 2.34. The highest BCUT2D eigenvalue weighted by atomic mass is 16.3. The maximum atomic E-state index is 10.4. The van der Waals surface area contributed by atoms with Crippen LogP contribution in [0.2, 0.25) is 0 Å². The van der Waals surface area contributed by atoms with Crippen molar-refractivity contribution in [2.24, 2.45) is 0 Å². The minimum atomic E-state index is -0.569. The Labute approximate surface area is 85.2 Å². The van der Waals surface area contributed by atoms with Gasteiger partial charge in [0, 0.05) is 12.8 Å². The van der Waals surface area contributed by atoms with Gasteiger partial charge in [0.1, 0.15) is 5.60 Å². The van der Waals surface area contributed by atoms with Crippen molar-refractivity contribution in [1.29, 1.82) is 0 Å². The number of hydrogen-bond donors (Lipinski definition) is 2. The molecule has 1 fully saturated rings. The molecule has 2 nitrogen and oxygen atoms in total. The first-order valence-electron chi connectivity index (χ1n) is 5.30. The summed E-state index contributed by atoms with van der Waals surface area (Å²) in [6.07, 6.45) is 1.76. The summed E-state index contributed by atoms with van der Waals surface area (Å²) in [5, 5.41) is 10.4. The van der Waals surface area contributed by atoms with Gasteiger partial charge in [-0.15, -0.1) is 0 Å². The Morgan fingerprint density at radius 1 is 1.14 bits per heavy atom. The van der Waals surface area contributed by atoms with Gasteiger partial charge in [0.25, 0.3) is 0 Å². The fourth-order valence-electron chi connectivity index (χ4n) is 2.13. The molecule has 0 radical (unpaired) electrons. The predicted molar refractivity (Wildman–Crippen MR) is 56.2 cm³/mol. The summed E-state index contributed by atoms with van der Waals surface area (Å²) in [7, 11) is 2.19. The van der Waals surface area contributed by atoms with Crippen molar-refractivity contribution in [2.45, 2.75) is 18.4 Å². The van der Waals surface area contributed by atoms with Gasteiger partial charge in [-0.05, 0) is 5.56 Å². The second kappa shape index (κ2) is 3.71. The molecule has 1 heterocycles. The van der Waals surface area contributed by atoms with Crippen molar-refractivity contribution in [3.8, 4) is 0 Å². The highest BCUT2D eigenvalue weighted by Crippen LogP contribution is 2.28. The Morgan fingerprint density at radius 3 is 2.29 bits per heavy atom. The number of aliphatic hydroxyl groups is 1. The number of hydrogen-bond acceptors (Lipinski definition) is 1. The van der Waals surface area contributed by atoms with Crippen molar-refractivity contribution >= 4 is 0 Å². The average molecular weight is 192 g/mol. The van der Waals surface area contributed by atoms with Gasteiger partial charge in [-0.25, -0.2) is 0 Å². The first kappa shape index (κ1) is 9.69. The van der Waals surface area contributed by atoms with Crippen molar-refractivity contribution in [1.82, 2.24) is 0 Å². The van der Waals surface area contributed by atoms with Crippen LogP contribution in [0.3, 0.4) is 0 Å². The molecule has 1 aromatic carbocycles. The third-order valence-electron chi connectivity index (χ3n) is 3.24. The van der Waals surface area contributed by atoms with E-state index in [9.17, 15) is 5.11 Å². The van der Waals surface area contributed by atoms with E-state index in [1.54, 1.807) is 0 Å².